The molecule has 0 aliphatic rings. The molecule has 1 N–H and O–H groups in total. The van der Waals surface area contributed by atoms with E-state index in [2.05, 4.69) is 6.58 Å². The lowest BCUT2D eigenvalue weighted by atomic mass is 9.92. The summed E-state index contributed by atoms with van der Waals surface area (Å²) < 4.78 is 12.8. The molecule has 0 fully saturated rings. The molecule has 0 bridgehead atoms. The minimum atomic E-state index is -0.838. The van der Waals surface area contributed by atoms with Gasteiger partial charge in [0.1, 0.15) is 5.82 Å². The first-order valence-electron chi connectivity index (χ1n) is 5.22. The molecule has 0 heterocycles. The fourth-order valence-electron chi connectivity index (χ4n) is 1.58. The largest absolute Gasteiger partial charge is 0.390 e. The average Bonchev–Trinajstić information content (AvgIpc) is 2.19. The fraction of sp³-hybridized carbons (Fsp3) is 0.385. The number of hydrogen-bond acceptors (Lipinski definition) is 1. The van der Waals surface area contributed by atoms with Gasteiger partial charge in [0.05, 0.1) is 5.60 Å². The fourth-order valence-corrected chi connectivity index (χ4v) is 1.81. The standard InChI is InChI=1S/C13H16ClFO/c1-3-4-7-13(2,16)9-10-5-6-11(15)8-12(10)14/h3,5-6,8,16H,1,4,7,9H2,2H3. The molecule has 0 saturated heterocycles. The van der Waals surface area contributed by atoms with Gasteiger partial charge in [-0.25, -0.2) is 4.39 Å². The Morgan fingerprint density at radius 3 is 2.81 bits per heavy atom. The van der Waals surface area contributed by atoms with Crippen molar-refractivity contribution in [3.8, 4) is 0 Å². The Morgan fingerprint density at radius 1 is 1.56 bits per heavy atom. The second-order valence-corrected chi connectivity index (χ2v) is 4.64. The van der Waals surface area contributed by atoms with Crippen molar-refractivity contribution in [1.29, 1.82) is 0 Å². The predicted molar refractivity (Wildman–Crippen MR) is 65.2 cm³/mol. The van der Waals surface area contributed by atoms with Gasteiger partial charge in [-0.3, -0.25) is 0 Å². The smallest absolute Gasteiger partial charge is 0.124 e. The minimum absolute atomic E-state index is 0.360. The van der Waals surface area contributed by atoms with Gasteiger partial charge < -0.3 is 5.11 Å². The summed E-state index contributed by atoms with van der Waals surface area (Å²) in [6.45, 7) is 5.36. The van der Waals surface area contributed by atoms with Crippen molar-refractivity contribution in [2.45, 2.75) is 31.8 Å². The van der Waals surface area contributed by atoms with Gasteiger partial charge in [-0.05, 0) is 37.5 Å². The summed E-state index contributed by atoms with van der Waals surface area (Å²) in [5.41, 5.74) is -0.0764. The topological polar surface area (TPSA) is 20.2 Å². The van der Waals surface area contributed by atoms with Crippen LogP contribution >= 0.6 is 11.6 Å². The van der Waals surface area contributed by atoms with E-state index in [-0.39, 0.29) is 5.82 Å². The third kappa shape index (κ3) is 3.95. The predicted octanol–water partition coefficient (Wildman–Crippen LogP) is 3.74. The monoisotopic (exact) mass is 242 g/mol. The zero-order chi connectivity index (χ0) is 12.2. The van der Waals surface area contributed by atoms with Crippen LogP contribution in [-0.2, 0) is 6.42 Å². The van der Waals surface area contributed by atoms with E-state index < -0.39 is 5.60 Å². The van der Waals surface area contributed by atoms with Gasteiger partial charge in [0.2, 0.25) is 0 Å². The Labute approximate surface area is 101 Å². The molecule has 1 unspecified atom stereocenters. The average molecular weight is 243 g/mol. The van der Waals surface area contributed by atoms with Crippen molar-refractivity contribution in [2.24, 2.45) is 0 Å². The first kappa shape index (κ1) is 13.2. The third-order valence-corrected chi connectivity index (χ3v) is 2.83. The molecule has 0 saturated carbocycles. The quantitative estimate of drug-likeness (QED) is 0.780. The number of benzene rings is 1. The Kier molecular flexibility index (Phi) is 4.51. The van der Waals surface area contributed by atoms with Crippen molar-refractivity contribution in [3.63, 3.8) is 0 Å². The van der Waals surface area contributed by atoms with E-state index in [9.17, 15) is 9.50 Å². The van der Waals surface area contributed by atoms with Gasteiger partial charge in [-0.1, -0.05) is 23.7 Å². The highest BCUT2D eigenvalue weighted by atomic mass is 35.5. The summed E-state index contributed by atoms with van der Waals surface area (Å²) in [5, 5.41) is 10.5. The van der Waals surface area contributed by atoms with Gasteiger partial charge in [-0.15, -0.1) is 6.58 Å². The van der Waals surface area contributed by atoms with Crippen LogP contribution in [0.4, 0.5) is 4.39 Å². The lowest BCUT2D eigenvalue weighted by Gasteiger charge is -2.23. The Bertz CT molecular complexity index is 374. The highest BCUT2D eigenvalue weighted by Gasteiger charge is 2.21. The molecule has 1 rings (SSSR count). The Hall–Kier alpha value is -0.860. The molecule has 0 aliphatic heterocycles. The number of hydrogen-bond donors (Lipinski definition) is 1. The van der Waals surface area contributed by atoms with E-state index in [0.29, 0.717) is 17.9 Å². The molecule has 0 amide bonds. The lowest BCUT2D eigenvalue weighted by Crippen LogP contribution is -2.27. The van der Waals surface area contributed by atoms with Crippen LogP contribution in [0, 0.1) is 5.82 Å². The molecule has 0 aromatic heterocycles. The molecule has 1 aromatic carbocycles. The first-order valence-corrected chi connectivity index (χ1v) is 5.59. The van der Waals surface area contributed by atoms with E-state index in [1.54, 1.807) is 19.1 Å². The molecule has 1 nitrogen and oxygen atoms in total. The summed E-state index contributed by atoms with van der Waals surface area (Å²) in [7, 11) is 0. The van der Waals surface area contributed by atoms with E-state index in [0.717, 1.165) is 12.0 Å². The van der Waals surface area contributed by atoms with Crippen molar-refractivity contribution >= 4 is 11.6 Å². The van der Waals surface area contributed by atoms with Crippen molar-refractivity contribution in [2.75, 3.05) is 0 Å². The summed E-state index contributed by atoms with van der Waals surface area (Å²) in [6.07, 6.45) is 3.54. The summed E-state index contributed by atoms with van der Waals surface area (Å²) >= 11 is 5.90. The van der Waals surface area contributed by atoms with Crippen LogP contribution in [0.25, 0.3) is 0 Å². The van der Waals surface area contributed by atoms with E-state index >= 15 is 0 Å². The molecule has 1 atom stereocenters. The molecular weight excluding hydrogens is 227 g/mol. The number of halogens is 2. The van der Waals surface area contributed by atoms with Crippen molar-refractivity contribution < 1.29 is 9.50 Å². The number of rotatable bonds is 5. The molecule has 0 radical (unpaired) electrons. The van der Waals surface area contributed by atoms with Gasteiger partial charge >= 0.3 is 0 Å². The SMILES string of the molecule is C=CCCC(C)(O)Cc1ccc(F)cc1Cl. The maximum absolute atomic E-state index is 12.8. The normalized spacial score (nSPS) is 14.5. The van der Waals surface area contributed by atoms with Crippen LogP contribution < -0.4 is 0 Å². The number of aliphatic hydroxyl groups is 1. The van der Waals surface area contributed by atoms with Crippen LogP contribution in [0.5, 0.6) is 0 Å². The minimum Gasteiger partial charge on any atom is -0.390 e. The van der Waals surface area contributed by atoms with Gasteiger partial charge in [0, 0.05) is 11.4 Å². The molecule has 0 aliphatic carbocycles. The van der Waals surface area contributed by atoms with Gasteiger partial charge in [0.25, 0.3) is 0 Å². The highest BCUT2D eigenvalue weighted by Crippen LogP contribution is 2.24. The first-order chi connectivity index (χ1) is 7.44. The van der Waals surface area contributed by atoms with Gasteiger partial charge in [0.15, 0.2) is 0 Å². The summed E-state index contributed by atoms with van der Waals surface area (Å²) in [6, 6.07) is 4.23. The van der Waals surface area contributed by atoms with Crippen LogP contribution in [0.1, 0.15) is 25.3 Å². The van der Waals surface area contributed by atoms with E-state index in [4.69, 9.17) is 11.6 Å². The zero-order valence-electron chi connectivity index (χ0n) is 9.34. The van der Waals surface area contributed by atoms with Crippen LogP contribution in [0.15, 0.2) is 30.9 Å². The molecule has 88 valence electrons. The zero-order valence-corrected chi connectivity index (χ0v) is 10.1. The molecule has 0 spiro atoms. The van der Waals surface area contributed by atoms with Gasteiger partial charge in [-0.2, -0.15) is 0 Å². The van der Waals surface area contributed by atoms with Crippen molar-refractivity contribution in [1.82, 2.24) is 0 Å². The second kappa shape index (κ2) is 5.46. The highest BCUT2D eigenvalue weighted by molar-refractivity contribution is 6.31. The lowest BCUT2D eigenvalue weighted by molar-refractivity contribution is 0.0523. The van der Waals surface area contributed by atoms with Crippen molar-refractivity contribution in [3.05, 3.63) is 47.3 Å². The van der Waals surface area contributed by atoms with Crippen LogP contribution in [0.3, 0.4) is 0 Å². The Morgan fingerprint density at radius 2 is 2.25 bits per heavy atom. The summed E-state index contributed by atoms with van der Waals surface area (Å²) in [5.74, 6) is -0.362. The van der Waals surface area contributed by atoms with Crippen LogP contribution in [-0.4, -0.2) is 10.7 Å². The maximum Gasteiger partial charge on any atom is 0.124 e. The van der Waals surface area contributed by atoms with E-state index in [1.807, 2.05) is 0 Å². The third-order valence-electron chi connectivity index (χ3n) is 2.47. The number of allylic oxidation sites excluding steroid dienone is 1. The molecule has 16 heavy (non-hydrogen) atoms. The summed E-state index contributed by atoms with van der Waals surface area (Å²) in [4.78, 5) is 0. The molecule has 3 heteroatoms. The van der Waals surface area contributed by atoms with E-state index in [1.165, 1.54) is 12.1 Å². The molecule has 1 aromatic rings. The maximum atomic E-state index is 12.8. The Balaban J connectivity index is 2.75. The second-order valence-electron chi connectivity index (χ2n) is 4.24. The molecular formula is C13H16ClFO. The van der Waals surface area contributed by atoms with Crippen LogP contribution in [0.2, 0.25) is 5.02 Å².